The molecule has 4 rings (SSSR count). The van der Waals surface area contributed by atoms with Gasteiger partial charge in [0, 0.05) is 29.9 Å². The van der Waals surface area contributed by atoms with Gasteiger partial charge in [0.25, 0.3) is 0 Å². The van der Waals surface area contributed by atoms with Crippen molar-refractivity contribution in [3.05, 3.63) is 58.9 Å². The maximum Gasteiger partial charge on any atom is 0.372 e. The quantitative estimate of drug-likeness (QED) is 0.804. The molecule has 0 aliphatic heterocycles. The molecule has 0 amide bonds. The molecule has 0 radical (unpaired) electrons. The van der Waals surface area contributed by atoms with E-state index in [-0.39, 0.29) is 5.76 Å². The van der Waals surface area contributed by atoms with Crippen LogP contribution in [0.15, 0.2) is 35.0 Å². The molecule has 3 aromatic heterocycles. The highest BCUT2D eigenvalue weighted by atomic mass is 16.4. The second-order valence-corrected chi connectivity index (χ2v) is 5.68. The summed E-state index contributed by atoms with van der Waals surface area (Å²) in [4.78, 5) is 15.6. The molecule has 0 bridgehead atoms. The Morgan fingerprint density at radius 2 is 2.26 bits per heavy atom. The van der Waals surface area contributed by atoms with Crippen LogP contribution in [0.25, 0.3) is 11.3 Å². The minimum Gasteiger partial charge on any atom is -0.475 e. The van der Waals surface area contributed by atoms with Crippen molar-refractivity contribution in [2.75, 3.05) is 0 Å². The van der Waals surface area contributed by atoms with E-state index in [1.54, 1.807) is 13.1 Å². The van der Waals surface area contributed by atoms with Gasteiger partial charge >= 0.3 is 5.97 Å². The number of nitrogens with zero attached hydrogens (tertiary/aromatic N) is 3. The van der Waals surface area contributed by atoms with E-state index in [9.17, 15) is 9.90 Å². The van der Waals surface area contributed by atoms with Gasteiger partial charge in [-0.3, -0.25) is 9.67 Å². The van der Waals surface area contributed by atoms with Gasteiger partial charge < -0.3 is 9.52 Å². The lowest BCUT2D eigenvalue weighted by Gasteiger charge is -2.09. The first-order chi connectivity index (χ1) is 11.1. The predicted molar refractivity (Wildman–Crippen MR) is 82.4 cm³/mol. The average Bonchev–Trinajstić information content (AvgIpc) is 3.08. The SMILES string of the molecule is Cc1c(C(=O)O)oc2c1-c1nn(Cc3ccccn3)cc1CC2. The van der Waals surface area contributed by atoms with Gasteiger partial charge in [0.2, 0.25) is 5.76 Å². The first-order valence-electron chi connectivity index (χ1n) is 7.45. The van der Waals surface area contributed by atoms with Gasteiger partial charge in [-0.15, -0.1) is 0 Å². The molecule has 0 atom stereocenters. The van der Waals surface area contributed by atoms with E-state index >= 15 is 0 Å². The van der Waals surface area contributed by atoms with E-state index in [2.05, 4.69) is 10.1 Å². The number of hydrogen-bond donors (Lipinski definition) is 1. The second-order valence-electron chi connectivity index (χ2n) is 5.68. The number of fused-ring (bicyclic) bond motifs is 3. The number of aromatic nitrogens is 3. The van der Waals surface area contributed by atoms with Crippen molar-refractivity contribution < 1.29 is 14.3 Å². The highest BCUT2D eigenvalue weighted by molar-refractivity contribution is 5.90. The Hall–Kier alpha value is -2.89. The number of carboxylic acid groups (broad SMARTS) is 1. The molecule has 0 fully saturated rings. The summed E-state index contributed by atoms with van der Waals surface area (Å²) in [5.41, 5.74) is 4.37. The van der Waals surface area contributed by atoms with E-state index in [1.165, 1.54) is 0 Å². The molecule has 0 unspecified atom stereocenters. The van der Waals surface area contributed by atoms with Crippen molar-refractivity contribution in [1.82, 2.24) is 14.8 Å². The average molecular weight is 309 g/mol. The number of aromatic carboxylic acids is 1. The minimum absolute atomic E-state index is 0.0159. The molecule has 0 saturated heterocycles. The zero-order chi connectivity index (χ0) is 16.0. The van der Waals surface area contributed by atoms with Crippen molar-refractivity contribution in [3.8, 4) is 11.3 Å². The predicted octanol–water partition coefficient (Wildman–Crippen LogP) is 2.69. The van der Waals surface area contributed by atoms with Gasteiger partial charge in [0.05, 0.1) is 17.9 Å². The normalized spacial score (nSPS) is 12.7. The topological polar surface area (TPSA) is 81.1 Å². The maximum absolute atomic E-state index is 11.3. The molecule has 1 aliphatic carbocycles. The molecule has 116 valence electrons. The number of carboxylic acids is 1. The molecule has 3 aromatic rings. The lowest BCUT2D eigenvalue weighted by atomic mass is 9.94. The highest BCUT2D eigenvalue weighted by Gasteiger charge is 2.29. The van der Waals surface area contributed by atoms with Gasteiger partial charge in [0.1, 0.15) is 5.76 Å². The molecule has 0 aromatic carbocycles. The Kier molecular flexibility index (Phi) is 3.04. The van der Waals surface area contributed by atoms with Crippen LogP contribution in [0.2, 0.25) is 0 Å². The van der Waals surface area contributed by atoms with Gasteiger partial charge in [-0.2, -0.15) is 5.10 Å². The summed E-state index contributed by atoms with van der Waals surface area (Å²) >= 11 is 0. The Labute approximate surface area is 132 Å². The zero-order valence-corrected chi connectivity index (χ0v) is 12.6. The van der Waals surface area contributed by atoms with Crippen LogP contribution >= 0.6 is 0 Å². The number of pyridine rings is 1. The summed E-state index contributed by atoms with van der Waals surface area (Å²) in [6, 6.07) is 5.78. The summed E-state index contributed by atoms with van der Waals surface area (Å²) in [5.74, 6) is -0.302. The second kappa shape index (κ2) is 5.08. The number of aryl methyl sites for hydroxylation is 2. The summed E-state index contributed by atoms with van der Waals surface area (Å²) in [6.45, 7) is 2.37. The van der Waals surface area contributed by atoms with Crippen LogP contribution in [0, 0.1) is 6.92 Å². The molecule has 1 aliphatic rings. The Morgan fingerprint density at radius 1 is 1.39 bits per heavy atom. The largest absolute Gasteiger partial charge is 0.475 e. The Balaban J connectivity index is 1.75. The smallest absolute Gasteiger partial charge is 0.372 e. The van der Waals surface area contributed by atoms with E-state index in [0.717, 1.165) is 34.7 Å². The lowest BCUT2D eigenvalue weighted by Crippen LogP contribution is -2.02. The molecule has 6 nitrogen and oxygen atoms in total. The van der Waals surface area contributed by atoms with Crippen LogP contribution < -0.4 is 0 Å². The van der Waals surface area contributed by atoms with E-state index in [1.807, 2.05) is 29.1 Å². The van der Waals surface area contributed by atoms with Crippen molar-refractivity contribution >= 4 is 5.97 Å². The molecular weight excluding hydrogens is 294 g/mol. The maximum atomic E-state index is 11.3. The van der Waals surface area contributed by atoms with E-state index < -0.39 is 5.97 Å². The Morgan fingerprint density at radius 3 is 3.00 bits per heavy atom. The van der Waals surface area contributed by atoms with Gasteiger partial charge in [-0.25, -0.2) is 4.79 Å². The standard InChI is InChI=1S/C17H15N3O3/c1-10-14-13(23-16(10)17(21)22)6-5-11-8-20(19-15(11)14)9-12-4-2-3-7-18-12/h2-4,7-8H,5-6,9H2,1H3,(H,21,22). The number of carbonyl (C=O) groups is 1. The molecule has 3 heterocycles. The lowest BCUT2D eigenvalue weighted by molar-refractivity contribution is 0.0659. The number of furan rings is 1. The van der Waals surface area contributed by atoms with Crippen LogP contribution in [0.4, 0.5) is 0 Å². The fourth-order valence-electron chi connectivity index (χ4n) is 3.11. The van der Waals surface area contributed by atoms with Crippen molar-refractivity contribution in [1.29, 1.82) is 0 Å². The molecule has 0 saturated carbocycles. The van der Waals surface area contributed by atoms with Gasteiger partial charge in [0.15, 0.2) is 0 Å². The summed E-state index contributed by atoms with van der Waals surface area (Å²) in [7, 11) is 0. The molecular formula is C17H15N3O3. The molecule has 0 spiro atoms. The van der Waals surface area contributed by atoms with Crippen LogP contribution in [0.5, 0.6) is 0 Å². The van der Waals surface area contributed by atoms with Crippen molar-refractivity contribution in [2.45, 2.75) is 26.3 Å². The van der Waals surface area contributed by atoms with Gasteiger partial charge in [-0.1, -0.05) is 6.07 Å². The first kappa shape index (κ1) is 13.8. The van der Waals surface area contributed by atoms with Crippen LogP contribution in [-0.4, -0.2) is 25.8 Å². The van der Waals surface area contributed by atoms with E-state index in [4.69, 9.17) is 4.42 Å². The fourth-order valence-corrected chi connectivity index (χ4v) is 3.11. The number of rotatable bonds is 3. The summed E-state index contributed by atoms with van der Waals surface area (Å²) in [5, 5.41) is 13.9. The van der Waals surface area contributed by atoms with E-state index in [0.29, 0.717) is 18.5 Å². The Bertz CT molecular complexity index is 893. The monoisotopic (exact) mass is 309 g/mol. The highest BCUT2D eigenvalue weighted by Crippen LogP contribution is 2.38. The summed E-state index contributed by atoms with van der Waals surface area (Å²) < 4.78 is 7.38. The minimum atomic E-state index is -1.04. The fraction of sp³-hybridized carbons (Fsp3) is 0.235. The molecule has 6 heteroatoms. The summed E-state index contributed by atoms with van der Waals surface area (Å²) in [6.07, 6.45) is 5.28. The third kappa shape index (κ3) is 2.23. The molecule has 23 heavy (non-hydrogen) atoms. The molecule has 1 N–H and O–H groups in total. The third-order valence-electron chi connectivity index (χ3n) is 4.16. The van der Waals surface area contributed by atoms with Crippen molar-refractivity contribution in [3.63, 3.8) is 0 Å². The zero-order valence-electron chi connectivity index (χ0n) is 12.6. The van der Waals surface area contributed by atoms with Crippen LogP contribution in [0.3, 0.4) is 0 Å². The first-order valence-corrected chi connectivity index (χ1v) is 7.45. The van der Waals surface area contributed by atoms with Crippen LogP contribution in [-0.2, 0) is 19.4 Å². The third-order valence-corrected chi connectivity index (χ3v) is 4.16. The van der Waals surface area contributed by atoms with Gasteiger partial charge in [-0.05, 0) is 31.0 Å². The number of hydrogen-bond acceptors (Lipinski definition) is 4. The van der Waals surface area contributed by atoms with Crippen molar-refractivity contribution in [2.24, 2.45) is 0 Å². The van der Waals surface area contributed by atoms with Crippen LogP contribution in [0.1, 0.15) is 33.1 Å².